The lowest BCUT2D eigenvalue weighted by molar-refractivity contribution is -0.690. The summed E-state index contributed by atoms with van der Waals surface area (Å²) in [5.74, 6) is 0.638. The molecular weight excluding hydrogens is 228 g/mol. The van der Waals surface area contributed by atoms with Crippen molar-refractivity contribution >= 4 is 11.6 Å². The van der Waals surface area contributed by atoms with Crippen molar-refractivity contribution in [3.05, 3.63) is 23.5 Å². The lowest BCUT2D eigenvalue weighted by atomic mass is 10.4. The lowest BCUT2D eigenvalue weighted by Crippen LogP contribution is -2.57. The second-order valence-electron chi connectivity index (χ2n) is 3.86. The molecule has 4 nitrogen and oxygen atoms in total. The monoisotopic (exact) mass is 243 g/mol. The standard InChI is InChI=1S/C11H16ClN2O2/c1-13(9-5-6-9)14-7-3-4-10(11(14)12)16-8-15-2/h3-4,7,9H,5-6,8H2,1-2H3/q+1. The number of ether oxygens (including phenoxy) is 2. The van der Waals surface area contributed by atoms with E-state index in [1.54, 1.807) is 7.11 Å². The van der Waals surface area contributed by atoms with Crippen LogP contribution in [0.1, 0.15) is 12.8 Å². The molecule has 1 aliphatic carbocycles. The number of pyridine rings is 1. The summed E-state index contributed by atoms with van der Waals surface area (Å²) in [7, 11) is 3.62. The Hall–Kier alpha value is -1.00. The number of hydrogen-bond acceptors (Lipinski definition) is 3. The fourth-order valence-corrected chi connectivity index (χ4v) is 1.85. The van der Waals surface area contributed by atoms with Gasteiger partial charge in [0, 0.05) is 13.2 Å². The Morgan fingerprint density at radius 1 is 1.56 bits per heavy atom. The van der Waals surface area contributed by atoms with Gasteiger partial charge < -0.3 is 9.47 Å². The van der Waals surface area contributed by atoms with Crippen molar-refractivity contribution in [3.8, 4) is 5.75 Å². The summed E-state index contributed by atoms with van der Waals surface area (Å²) >= 11 is 6.25. The van der Waals surface area contributed by atoms with E-state index in [1.807, 2.05) is 30.1 Å². The molecule has 0 radical (unpaired) electrons. The zero-order valence-electron chi connectivity index (χ0n) is 9.52. The molecule has 1 aromatic rings. The molecule has 16 heavy (non-hydrogen) atoms. The average molecular weight is 244 g/mol. The molecule has 88 valence electrons. The third-order valence-electron chi connectivity index (χ3n) is 2.63. The predicted octanol–water partition coefficient (Wildman–Crippen LogP) is 1.34. The van der Waals surface area contributed by atoms with E-state index in [9.17, 15) is 0 Å². The van der Waals surface area contributed by atoms with Crippen LogP contribution in [-0.4, -0.2) is 27.0 Å². The van der Waals surface area contributed by atoms with E-state index < -0.39 is 0 Å². The topological polar surface area (TPSA) is 25.6 Å². The molecule has 1 heterocycles. The first kappa shape index (κ1) is 11.5. The van der Waals surface area contributed by atoms with Crippen molar-refractivity contribution in [2.45, 2.75) is 18.9 Å². The number of hydrogen-bond donors (Lipinski definition) is 0. The quantitative estimate of drug-likeness (QED) is 0.443. The minimum atomic E-state index is 0.205. The first-order valence-corrected chi connectivity index (χ1v) is 5.67. The third kappa shape index (κ3) is 2.39. The zero-order chi connectivity index (χ0) is 11.5. The van der Waals surface area contributed by atoms with E-state index in [0.717, 1.165) is 0 Å². The van der Waals surface area contributed by atoms with Crippen LogP contribution < -0.4 is 14.4 Å². The SMILES string of the molecule is COCOc1ccc[n+](N(C)C2CC2)c1Cl. The van der Waals surface area contributed by atoms with Gasteiger partial charge in [0.2, 0.25) is 11.9 Å². The molecule has 0 spiro atoms. The van der Waals surface area contributed by atoms with Gasteiger partial charge in [-0.1, -0.05) is 4.68 Å². The van der Waals surface area contributed by atoms with Gasteiger partial charge in [-0.05, 0) is 30.5 Å². The van der Waals surface area contributed by atoms with Gasteiger partial charge in [-0.15, -0.1) is 0 Å². The van der Waals surface area contributed by atoms with E-state index in [1.165, 1.54) is 12.8 Å². The van der Waals surface area contributed by atoms with E-state index in [2.05, 4.69) is 5.01 Å². The first-order chi connectivity index (χ1) is 7.74. The summed E-state index contributed by atoms with van der Waals surface area (Å²) in [5, 5.41) is 2.70. The molecule has 2 rings (SSSR count). The maximum Gasteiger partial charge on any atom is 0.346 e. The summed E-state index contributed by atoms with van der Waals surface area (Å²) in [5.41, 5.74) is 0. The number of rotatable bonds is 5. The predicted molar refractivity (Wildman–Crippen MR) is 61.3 cm³/mol. The van der Waals surface area contributed by atoms with Crippen LogP contribution in [0.3, 0.4) is 0 Å². The van der Waals surface area contributed by atoms with Crippen LogP contribution in [0.4, 0.5) is 0 Å². The van der Waals surface area contributed by atoms with Crippen LogP contribution in [0.2, 0.25) is 5.15 Å². The molecule has 0 aliphatic heterocycles. The Balaban J connectivity index is 2.17. The van der Waals surface area contributed by atoms with Crippen LogP contribution >= 0.6 is 11.6 Å². The summed E-state index contributed by atoms with van der Waals surface area (Å²) in [6.07, 6.45) is 4.38. The van der Waals surface area contributed by atoms with Crippen molar-refractivity contribution < 1.29 is 14.1 Å². The smallest absolute Gasteiger partial charge is 0.346 e. The molecule has 0 unspecified atom stereocenters. The molecular formula is C11H16ClN2O2+. The largest absolute Gasteiger partial charge is 0.459 e. The van der Waals surface area contributed by atoms with Crippen molar-refractivity contribution in [1.29, 1.82) is 0 Å². The van der Waals surface area contributed by atoms with Crippen molar-refractivity contribution in [2.75, 3.05) is 26.0 Å². The number of aromatic nitrogens is 1. The molecule has 1 aliphatic rings. The van der Waals surface area contributed by atoms with Gasteiger partial charge >= 0.3 is 5.15 Å². The molecule has 1 aromatic heterocycles. The molecule has 0 saturated heterocycles. The fraction of sp³-hybridized carbons (Fsp3) is 0.545. The molecule has 0 atom stereocenters. The molecule has 0 N–H and O–H groups in total. The molecule has 5 heteroatoms. The Morgan fingerprint density at radius 2 is 2.31 bits per heavy atom. The average Bonchev–Trinajstić information content (AvgIpc) is 3.11. The number of nitrogens with zero attached hydrogens (tertiary/aromatic N) is 2. The number of methoxy groups -OCH3 is 1. The number of halogens is 1. The van der Waals surface area contributed by atoms with Gasteiger partial charge in [0.15, 0.2) is 6.79 Å². The second kappa shape index (κ2) is 4.89. The second-order valence-corrected chi connectivity index (χ2v) is 4.22. The van der Waals surface area contributed by atoms with Gasteiger partial charge in [-0.3, -0.25) is 0 Å². The highest BCUT2D eigenvalue weighted by Crippen LogP contribution is 2.25. The maximum absolute atomic E-state index is 6.25. The normalized spacial score (nSPS) is 14.9. The summed E-state index contributed by atoms with van der Waals surface area (Å²) < 4.78 is 12.1. The third-order valence-corrected chi connectivity index (χ3v) is 2.99. The highest BCUT2D eigenvalue weighted by Gasteiger charge is 2.33. The molecule has 1 saturated carbocycles. The van der Waals surface area contributed by atoms with Gasteiger partial charge in [0.1, 0.15) is 0 Å². The van der Waals surface area contributed by atoms with Crippen molar-refractivity contribution in [1.82, 2.24) is 0 Å². The molecule has 0 bridgehead atoms. The van der Waals surface area contributed by atoms with Gasteiger partial charge in [0.05, 0.1) is 13.1 Å². The molecule has 0 amide bonds. The summed E-state index contributed by atoms with van der Waals surface area (Å²) in [6.45, 7) is 0.205. The lowest BCUT2D eigenvalue weighted by Gasteiger charge is -2.13. The van der Waals surface area contributed by atoms with Gasteiger partial charge in [0.25, 0.3) is 0 Å². The van der Waals surface area contributed by atoms with E-state index in [4.69, 9.17) is 21.1 Å². The van der Waals surface area contributed by atoms with Crippen LogP contribution in [-0.2, 0) is 4.74 Å². The summed E-state index contributed by atoms with van der Waals surface area (Å²) in [4.78, 5) is 0. The van der Waals surface area contributed by atoms with Crippen LogP contribution in [0.25, 0.3) is 0 Å². The Kier molecular flexibility index (Phi) is 3.51. The van der Waals surface area contributed by atoms with Crippen molar-refractivity contribution in [2.24, 2.45) is 0 Å². The minimum Gasteiger partial charge on any atom is -0.459 e. The van der Waals surface area contributed by atoms with E-state index >= 15 is 0 Å². The molecule has 1 fully saturated rings. The van der Waals surface area contributed by atoms with Crippen molar-refractivity contribution in [3.63, 3.8) is 0 Å². The van der Waals surface area contributed by atoms with Gasteiger partial charge in [-0.25, -0.2) is 0 Å². The fourth-order valence-electron chi connectivity index (χ4n) is 1.56. The zero-order valence-corrected chi connectivity index (χ0v) is 10.3. The van der Waals surface area contributed by atoms with Gasteiger partial charge in [-0.2, -0.15) is 5.01 Å². The van der Waals surface area contributed by atoms with Crippen LogP contribution in [0.5, 0.6) is 5.75 Å². The van der Waals surface area contributed by atoms with Crippen LogP contribution in [0.15, 0.2) is 18.3 Å². The summed E-state index contributed by atoms with van der Waals surface area (Å²) in [6, 6.07) is 4.34. The highest BCUT2D eigenvalue weighted by atomic mass is 35.5. The first-order valence-electron chi connectivity index (χ1n) is 5.29. The highest BCUT2D eigenvalue weighted by molar-refractivity contribution is 6.29. The minimum absolute atomic E-state index is 0.205. The Bertz CT molecular complexity index is 369. The van der Waals surface area contributed by atoms with E-state index in [0.29, 0.717) is 16.9 Å². The molecule has 0 aromatic carbocycles. The van der Waals surface area contributed by atoms with Crippen LogP contribution in [0, 0.1) is 0 Å². The maximum atomic E-state index is 6.25. The Morgan fingerprint density at radius 3 is 2.94 bits per heavy atom. The Labute approximate surface area is 100 Å². The van der Waals surface area contributed by atoms with E-state index in [-0.39, 0.29) is 6.79 Å².